The molecule has 0 unspecified atom stereocenters. The molecule has 11 rings (SSSR count). The van der Waals surface area contributed by atoms with Gasteiger partial charge in [0.15, 0.2) is 5.82 Å². The first kappa shape index (κ1) is 32.2. The highest BCUT2D eigenvalue weighted by atomic mass is 32.1. The van der Waals surface area contributed by atoms with E-state index in [1.165, 1.54) is 31.2 Å². The van der Waals surface area contributed by atoms with Gasteiger partial charge in [-0.1, -0.05) is 170 Å². The van der Waals surface area contributed by atoms with Gasteiger partial charge in [0.1, 0.15) is 4.83 Å². The van der Waals surface area contributed by atoms with Crippen molar-refractivity contribution < 1.29 is 0 Å². The highest BCUT2D eigenvalue weighted by Gasteiger charge is 2.23. The summed E-state index contributed by atoms with van der Waals surface area (Å²) in [5, 5.41) is 4.92. The number of fused-ring (bicyclic) bond motifs is 7. The van der Waals surface area contributed by atoms with Crippen LogP contribution in [0.25, 0.3) is 104 Å². The number of rotatable bonds is 6. The van der Waals surface area contributed by atoms with Crippen LogP contribution in [0.2, 0.25) is 0 Å². The van der Waals surface area contributed by atoms with E-state index in [2.05, 4.69) is 162 Å². The molecule has 0 amide bonds. The summed E-state index contributed by atoms with van der Waals surface area (Å²) in [5.41, 5.74) is 12.5. The van der Waals surface area contributed by atoms with Crippen molar-refractivity contribution in [3.63, 3.8) is 0 Å². The van der Waals surface area contributed by atoms with E-state index >= 15 is 0 Å². The van der Waals surface area contributed by atoms with Gasteiger partial charge in [-0.3, -0.25) is 0 Å². The Morgan fingerprint density at radius 3 is 1.66 bits per heavy atom. The lowest BCUT2D eigenvalue weighted by Crippen LogP contribution is -1.96. The highest BCUT2D eigenvalue weighted by molar-refractivity contribution is 7.26. The van der Waals surface area contributed by atoms with E-state index in [4.69, 9.17) is 15.0 Å². The first-order valence-corrected chi connectivity index (χ1v) is 19.6. The summed E-state index contributed by atoms with van der Waals surface area (Å²) in [6, 6.07) is 68.1. The fourth-order valence-corrected chi connectivity index (χ4v) is 9.39. The Morgan fingerprint density at radius 1 is 0.411 bits per heavy atom. The van der Waals surface area contributed by atoms with E-state index in [1.54, 1.807) is 0 Å². The van der Waals surface area contributed by atoms with Crippen LogP contribution in [0.5, 0.6) is 0 Å². The first-order valence-electron chi connectivity index (χ1n) is 18.8. The molecule has 262 valence electrons. The molecule has 0 spiro atoms. The van der Waals surface area contributed by atoms with Crippen molar-refractivity contribution in [2.75, 3.05) is 0 Å². The van der Waals surface area contributed by atoms with Crippen LogP contribution >= 0.6 is 11.3 Å². The number of hydrogen-bond donors (Lipinski definition) is 0. The summed E-state index contributed by atoms with van der Waals surface area (Å²) in [4.78, 5) is 16.9. The third-order valence-corrected chi connectivity index (χ3v) is 11.8. The second kappa shape index (κ2) is 13.3. The summed E-state index contributed by atoms with van der Waals surface area (Å²) in [6.07, 6.45) is 0. The van der Waals surface area contributed by atoms with Crippen molar-refractivity contribution >= 4 is 53.4 Å². The van der Waals surface area contributed by atoms with Crippen molar-refractivity contribution in [3.8, 4) is 62.0 Å². The predicted octanol–water partition coefficient (Wildman–Crippen LogP) is 13.7. The second-order valence-electron chi connectivity index (χ2n) is 14.0. The van der Waals surface area contributed by atoms with Crippen LogP contribution in [-0.2, 0) is 0 Å². The Bertz CT molecular complexity index is 3150. The summed E-state index contributed by atoms with van der Waals surface area (Å²) >= 11 is 1.83. The van der Waals surface area contributed by atoms with E-state index in [1.807, 2.05) is 47.7 Å². The minimum atomic E-state index is 0.706. The van der Waals surface area contributed by atoms with Crippen LogP contribution in [0, 0.1) is 0 Å². The SMILES string of the molecule is c1ccc(-c2cc(-c3ccc(-c4cccc5c4nc(-c4ccccc4)c4sc6c(c7ccccc7n6-c6ccccc6)c45)cc3)nc(-c3ccccc3)n2)cc1. The number of pyridine rings is 1. The number of benzene rings is 7. The molecule has 7 aromatic carbocycles. The molecule has 5 heteroatoms. The van der Waals surface area contributed by atoms with Crippen molar-refractivity contribution in [1.29, 1.82) is 0 Å². The van der Waals surface area contributed by atoms with Gasteiger partial charge in [0.2, 0.25) is 0 Å². The summed E-state index contributed by atoms with van der Waals surface area (Å²) in [7, 11) is 0. The van der Waals surface area contributed by atoms with Gasteiger partial charge in [-0.2, -0.15) is 0 Å². The number of para-hydroxylation sites is 3. The first-order chi connectivity index (χ1) is 27.8. The molecule has 4 nitrogen and oxygen atoms in total. The van der Waals surface area contributed by atoms with Gasteiger partial charge in [0.25, 0.3) is 0 Å². The molecule has 11 aromatic rings. The maximum atomic E-state index is 5.56. The maximum absolute atomic E-state index is 5.56. The molecule has 0 aliphatic heterocycles. The third-order valence-electron chi connectivity index (χ3n) is 10.6. The van der Waals surface area contributed by atoms with Crippen LogP contribution < -0.4 is 0 Å². The molecular formula is C51H32N4S. The van der Waals surface area contributed by atoms with Crippen molar-refractivity contribution in [3.05, 3.63) is 194 Å². The predicted molar refractivity (Wildman–Crippen MR) is 234 cm³/mol. The topological polar surface area (TPSA) is 43.6 Å². The van der Waals surface area contributed by atoms with Crippen molar-refractivity contribution in [2.45, 2.75) is 0 Å². The normalized spacial score (nSPS) is 11.6. The largest absolute Gasteiger partial charge is 0.301 e. The van der Waals surface area contributed by atoms with Crippen LogP contribution in [-0.4, -0.2) is 19.5 Å². The van der Waals surface area contributed by atoms with Gasteiger partial charge >= 0.3 is 0 Å². The zero-order valence-electron chi connectivity index (χ0n) is 30.2. The Labute approximate surface area is 327 Å². The molecule has 4 aromatic heterocycles. The minimum absolute atomic E-state index is 0.706. The Hall–Kier alpha value is -7.21. The quantitative estimate of drug-likeness (QED) is 0.171. The summed E-state index contributed by atoms with van der Waals surface area (Å²) in [5.74, 6) is 0.706. The lowest BCUT2D eigenvalue weighted by atomic mass is 9.96. The number of thiophene rings is 1. The molecule has 56 heavy (non-hydrogen) atoms. The zero-order chi connectivity index (χ0) is 37.0. The molecular weight excluding hydrogens is 701 g/mol. The molecule has 0 radical (unpaired) electrons. The number of nitrogens with zero attached hydrogens (tertiary/aromatic N) is 4. The molecule has 0 saturated carbocycles. The molecule has 0 fully saturated rings. The highest BCUT2D eigenvalue weighted by Crippen LogP contribution is 2.48. The van der Waals surface area contributed by atoms with E-state index in [9.17, 15) is 0 Å². The molecule has 0 aliphatic carbocycles. The van der Waals surface area contributed by atoms with E-state index in [0.717, 1.165) is 67.1 Å². The molecule has 0 bridgehead atoms. The van der Waals surface area contributed by atoms with Gasteiger partial charge in [0.05, 0.1) is 32.8 Å². The smallest absolute Gasteiger partial charge is 0.160 e. The molecule has 0 N–H and O–H groups in total. The Balaban J connectivity index is 1.12. The molecule has 4 heterocycles. The minimum Gasteiger partial charge on any atom is -0.301 e. The van der Waals surface area contributed by atoms with Crippen LogP contribution in [0.1, 0.15) is 0 Å². The van der Waals surface area contributed by atoms with Crippen LogP contribution in [0.15, 0.2) is 194 Å². The monoisotopic (exact) mass is 732 g/mol. The fourth-order valence-electron chi connectivity index (χ4n) is 8.01. The number of aromatic nitrogens is 4. The molecule has 0 saturated heterocycles. The average molecular weight is 733 g/mol. The van der Waals surface area contributed by atoms with E-state index < -0.39 is 0 Å². The van der Waals surface area contributed by atoms with Gasteiger partial charge in [-0.05, 0) is 29.8 Å². The number of hydrogen-bond acceptors (Lipinski definition) is 4. The molecule has 0 aliphatic rings. The lowest BCUT2D eigenvalue weighted by molar-refractivity contribution is 1.18. The van der Waals surface area contributed by atoms with Gasteiger partial charge in [0, 0.05) is 55.0 Å². The third kappa shape index (κ3) is 5.32. The van der Waals surface area contributed by atoms with Crippen molar-refractivity contribution in [2.24, 2.45) is 0 Å². The zero-order valence-corrected chi connectivity index (χ0v) is 31.0. The van der Waals surface area contributed by atoms with Crippen LogP contribution in [0.4, 0.5) is 0 Å². The maximum Gasteiger partial charge on any atom is 0.160 e. The molecule has 0 atom stereocenters. The van der Waals surface area contributed by atoms with E-state index in [-0.39, 0.29) is 0 Å². The average Bonchev–Trinajstić information content (AvgIpc) is 3.82. The fraction of sp³-hybridized carbons (Fsp3) is 0. The van der Waals surface area contributed by atoms with Crippen LogP contribution in [0.3, 0.4) is 0 Å². The van der Waals surface area contributed by atoms with Gasteiger partial charge in [-0.25, -0.2) is 15.0 Å². The van der Waals surface area contributed by atoms with Gasteiger partial charge < -0.3 is 4.57 Å². The lowest BCUT2D eigenvalue weighted by Gasteiger charge is -2.12. The van der Waals surface area contributed by atoms with E-state index in [0.29, 0.717) is 5.82 Å². The summed E-state index contributed by atoms with van der Waals surface area (Å²) in [6.45, 7) is 0. The van der Waals surface area contributed by atoms with Crippen molar-refractivity contribution in [1.82, 2.24) is 19.5 Å². The second-order valence-corrected chi connectivity index (χ2v) is 15.0. The summed E-state index contributed by atoms with van der Waals surface area (Å²) < 4.78 is 3.61. The standard InChI is InChI=1S/C51H32N4S/c1-5-16-34(17-6-1)42-32-43(53-50(52-42)37-20-9-3-10-21-37)35-30-28-33(29-31-35)39-25-15-26-41-45-46-40-24-13-14-27-44(40)55(38-22-11-4-12-23-38)51(46)56-49(45)47(54-48(39)41)36-18-7-2-8-19-36/h1-32H. The van der Waals surface area contributed by atoms with Gasteiger partial charge in [-0.15, -0.1) is 11.3 Å². The Morgan fingerprint density at radius 2 is 0.964 bits per heavy atom. The Kier molecular flexibility index (Phi) is 7.64.